The number of amides is 1. The van der Waals surface area contributed by atoms with Gasteiger partial charge in [-0.15, -0.1) is 0 Å². The van der Waals surface area contributed by atoms with Crippen LogP contribution in [0.5, 0.6) is 0 Å². The molecule has 1 N–H and O–H groups in total. The lowest BCUT2D eigenvalue weighted by Gasteiger charge is -2.36. The number of anilines is 1. The molecular formula is C22H32N4O3. The van der Waals surface area contributed by atoms with Gasteiger partial charge in [-0.2, -0.15) is 0 Å². The fourth-order valence-corrected chi connectivity index (χ4v) is 4.76. The third-order valence-electron chi connectivity index (χ3n) is 6.69. The Balaban J connectivity index is 1.22. The molecule has 7 heteroatoms. The molecule has 3 aliphatic heterocycles. The minimum absolute atomic E-state index is 0.0113. The summed E-state index contributed by atoms with van der Waals surface area (Å²) in [7, 11) is 1.83. The third kappa shape index (κ3) is 4.63. The zero-order valence-corrected chi connectivity index (χ0v) is 17.3. The molecule has 158 valence electrons. The van der Waals surface area contributed by atoms with E-state index < -0.39 is 0 Å². The highest BCUT2D eigenvalue weighted by atomic mass is 16.6. The summed E-state index contributed by atoms with van der Waals surface area (Å²) in [6.07, 6.45) is 2.66. The van der Waals surface area contributed by atoms with Gasteiger partial charge in [-0.3, -0.25) is 19.4 Å². The molecule has 0 aromatic heterocycles. The molecule has 0 aliphatic carbocycles. The first-order valence-corrected chi connectivity index (χ1v) is 10.7. The molecule has 1 aromatic rings. The summed E-state index contributed by atoms with van der Waals surface area (Å²) in [6.45, 7) is 6.61. The van der Waals surface area contributed by atoms with E-state index in [0.717, 1.165) is 70.8 Å². The number of benzene rings is 1. The van der Waals surface area contributed by atoms with E-state index in [9.17, 15) is 9.59 Å². The molecule has 0 bridgehead atoms. The fourth-order valence-electron chi connectivity index (χ4n) is 4.76. The molecule has 3 saturated heterocycles. The average Bonchev–Trinajstić information content (AvgIpc) is 3.04. The van der Waals surface area contributed by atoms with E-state index in [4.69, 9.17) is 4.74 Å². The standard InChI is InChI=1S/C22H32N4O3/c1-24(18-5-3-2-4-6-18)20(27)17-26-13-11-25(12-14-26)16-19-15-22(21(28)29-19)7-9-23-10-8-22/h2-6,19,23H,7-17H2,1H3. The van der Waals surface area contributed by atoms with Gasteiger partial charge in [0.25, 0.3) is 0 Å². The van der Waals surface area contributed by atoms with Gasteiger partial charge in [-0.05, 0) is 38.1 Å². The average molecular weight is 401 g/mol. The Morgan fingerprint density at radius 1 is 1.14 bits per heavy atom. The van der Waals surface area contributed by atoms with E-state index in [-0.39, 0.29) is 23.4 Å². The maximum Gasteiger partial charge on any atom is 0.312 e. The van der Waals surface area contributed by atoms with E-state index in [1.165, 1.54) is 0 Å². The van der Waals surface area contributed by atoms with Crippen LogP contribution >= 0.6 is 0 Å². The molecule has 1 amide bonds. The Morgan fingerprint density at radius 2 is 1.79 bits per heavy atom. The number of cyclic esters (lactones) is 1. The van der Waals surface area contributed by atoms with Gasteiger partial charge in [0.05, 0.1) is 12.0 Å². The Bertz CT molecular complexity index is 712. The third-order valence-corrected chi connectivity index (χ3v) is 6.69. The number of nitrogens with one attached hydrogen (secondary N) is 1. The van der Waals surface area contributed by atoms with Gasteiger partial charge in [0.15, 0.2) is 0 Å². The maximum atomic E-state index is 12.6. The molecule has 0 radical (unpaired) electrons. The molecule has 3 fully saturated rings. The van der Waals surface area contributed by atoms with E-state index in [1.54, 1.807) is 4.90 Å². The van der Waals surface area contributed by atoms with Crippen LogP contribution in [0.3, 0.4) is 0 Å². The number of carbonyl (C=O) groups is 2. The van der Waals surface area contributed by atoms with Crippen molar-refractivity contribution in [1.29, 1.82) is 0 Å². The van der Waals surface area contributed by atoms with E-state index in [0.29, 0.717) is 6.54 Å². The van der Waals surface area contributed by atoms with Gasteiger partial charge < -0.3 is 15.0 Å². The Morgan fingerprint density at radius 3 is 2.48 bits per heavy atom. The first-order valence-electron chi connectivity index (χ1n) is 10.7. The number of carbonyl (C=O) groups excluding carboxylic acids is 2. The lowest BCUT2D eigenvalue weighted by atomic mass is 9.76. The number of esters is 1. The predicted molar refractivity (Wildman–Crippen MR) is 112 cm³/mol. The number of rotatable bonds is 5. The van der Waals surface area contributed by atoms with E-state index >= 15 is 0 Å². The highest BCUT2D eigenvalue weighted by molar-refractivity contribution is 5.94. The van der Waals surface area contributed by atoms with Gasteiger partial charge in [0.1, 0.15) is 6.10 Å². The van der Waals surface area contributed by atoms with Crippen molar-refractivity contribution < 1.29 is 14.3 Å². The lowest BCUT2D eigenvalue weighted by Crippen LogP contribution is -2.51. The van der Waals surface area contributed by atoms with Gasteiger partial charge in [0.2, 0.25) is 5.91 Å². The topological polar surface area (TPSA) is 65.1 Å². The van der Waals surface area contributed by atoms with Crippen molar-refractivity contribution in [2.45, 2.75) is 25.4 Å². The van der Waals surface area contributed by atoms with Crippen LogP contribution in [0.25, 0.3) is 0 Å². The molecule has 29 heavy (non-hydrogen) atoms. The van der Waals surface area contributed by atoms with Crippen LogP contribution < -0.4 is 10.2 Å². The first-order chi connectivity index (χ1) is 14.1. The Hall–Kier alpha value is -1.96. The number of hydrogen-bond donors (Lipinski definition) is 1. The number of nitrogens with zero attached hydrogens (tertiary/aromatic N) is 3. The van der Waals surface area contributed by atoms with Crippen LogP contribution in [-0.4, -0.2) is 87.2 Å². The van der Waals surface area contributed by atoms with E-state index in [2.05, 4.69) is 15.1 Å². The summed E-state index contributed by atoms with van der Waals surface area (Å²) >= 11 is 0. The van der Waals surface area contributed by atoms with Crippen molar-refractivity contribution in [2.75, 3.05) is 64.3 Å². The summed E-state index contributed by atoms with van der Waals surface area (Å²) in [5, 5.41) is 3.34. The van der Waals surface area contributed by atoms with Crippen molar-refractivity contribution in [2.24, 2.45) is 5.41 Å². The summed E-state index contributed by atoms with van der Waals surface area (Å²) in [4.78, 5) is 31.3. The number of likely N-dealkylation sites (N-methyl/N-ethyl adjacent to an activating group) is 1. The molecule has 4 rings (SSSR count). The summed E-state index contributed by atoms with van der Waals surface area (Å²) in [6, 6.07) is 9.75. The van der Waals surface area contributed by atoms with Crippen molar-refractivity contribution in [3.63, 3.8) is 0 Å². The van der Waals surface area contributed by atoms with Gasteiger partial charge in [0, 0.05) is 51.9 Å². The highest BCUT2D eigenvalue weighted by Gasteiger charge is 2.49. The number of piperidine rings is 1. The largest absolute Gasteiger partial charge is 0.461 e. The molecule has 1 unspecified atom stereocenters. The molecule has 1 atom stereocenters. The van der Waals surface area contributed by atoms with Gasteiger partial charge in [-0.1, -0.05) is 18.2 Å². The van der Waals surface area contributed by atoms with Crippen LogP contribution in [0.4, 0.5) is 5.69 Å². The van der Waals surface area contributed by atoms with Crippen LogP contribution in [0.15, 0.2) is 30.3 Å². The molecule has 1 spiro atoms. The minimum atomic E-state index is -0.244. The summed E-state index contributed by atoms with van der Waals surface area (Å²) < 4.78 is 5.75. The molecule has 3 aliphatic rings. The second-order valence-corrected chi connectivity index (χ2v) is 8.63. The quantitative estimate of drug-likeness (QED) is 0.743. The monoisotopic (exact) mass is 400 g/mol. The first kappa shape index (κ1) is 20.3. The van der Waals surface area contributed by atoms with Gasteiger partial charge in [-0.25, -0.2) is 0 Å². The van der Waals surface area contributed by atoms with Crippen molar-refractivity contribution in [1.82, 2.24) is 15.1 Å². The van der Waals surface area contributed by atoms with Crippen LogP contribution in [-0.2, 0) is 14.3 Å². The highest BCUT2D eigenvalue weighted by Crippen LogP contribution is 2.41. The minimum Gasteiger partial charge on any atom is -0.461 e. The normalized spacial score (nSPS) is 25.1. The number of ether oxygens (including phenoxy) is 1. The molecular weight excluding hydrogens is 368 g/mol. The molecule has 7 nitrogen and oxygen atoms in total. The number of para-hydroxylation sites is 1. The van der Waals surface area contributed by atoms with Crippen LogP contribution in [0.1, 0.15) is 19.3 Å². The van der Waals surface area contributed by atoms with E-state index in [1.807, 2.05) is 37.4 Å². The zero-order valence-electron chi connectivity index (χ0n) is 17.3. The SMILES string of the molecule is CN(C(=O)CN1CCN(CC2CC3(CCNCC3)C(=O)O2)CC1)c1ccccc1. The Labute approximate surface area is 173 Å². The van der Waals surface area contributed by atoms with Crippen molar-refractivity contribution in [3.05, 3.63) is 30.3 Å². The smallest absolute Gasteiger partial charge is 0.312 e. The van der Waals surface area contributed by atoms with Crippen molar-refractivity contribution >= 4 is 17.6 Å². The number of piperazine rings is 1. The zero-order chi connectivity index (χ0) is 20.3. The second-order valence-electron chi connectivity index (χ2n) is 8.63. The van der Waals surface area contributed by atoms with Gasteiger partial charge >= 0.3 is 5.97 Å². The van der Waals surface area contributed by atoms with Crippen molar-refractivity contribution in [3.8, 4) is 0 Å². The summed E-state index contributed by atoms with van der Waals surface area (Å²) in [5.41, 5.74) is 0.678. The molecule has 3 heterocycles. The molecule has 0 saturated carbocycles. The molecule has 1 aromatic carbocycles. The summed E-state index contributed by atoms with van der Waals surface area (Å²) in [5.74, 6) is 0.124. The second kappa shape index (κ2) is 8.81. The predicted octanol–water partition coefficient (Wildman–Crippen LogP) is 0.952. The lowest BCUT2D eigenvalue weighted by molar-refractivity contribution is -0.150. The fraction of sp³-hybridized carbons (Fsp3) is 0.636. The van der Waals surface area contributed by atoms with Crippen LogP contribution in [0.2, 0.25) is 0 Å². The number of hydrogen-bond acceptors (Lipinski definition) is 6. The Kier molecular flexibility index (Phi) is 6.18. The van der Waals surface area contributed by atoms with Crippen LogP contribution in [0, 0.1) is 5.41 Å². The maximum absolute atomic E-state index is 12.6.